The van der Waals surface area contributed by atoms with Crippen molar-refractivity contribution in [3.05, 3.63) is 89.7 Å². The summed E-state index contributed by atoms with van der Waals surface area (Å²) in [6.45, 7) is 5.70. The van der Waals surface area contributed by atoms with Crippen LogP contribution in [-0.2, 0) is 6.54 Å². The minimum absolute atomic E-state index is 0.0362. The van der Waals surface area contributed by atoms with Gasteiger partial charge in [-0.05, 0) is 36.4 Å². The SMILES string of the molecule is CN1CCN(CC(NC(=O)c2ccc(Cn3cccn3)cc2)c2ccccc2)CC1. The summed E-state index contributed by atoms with van der Waals surface area (Å²) >= 11 is 0. The smallest absolute Gasteiger partial charge is 0.251 e. The lowest BCUT2D eigenvalue weighted by molar-refractivity contribution is 0.0907. The summed E-state index contributed by atoms with van der Waals surface area (Å²) in [5, 5.41) is 7.49. The number of benzene rings is 2. The van der Waals surface area contributed by atoms with E-state index in [0.717, 1.165) is 43.9 Å². The Labute approximate surface area is 178 Å². The van der Waals surface area contributed by atoms with Crippen molar-refractivity contribution in [2.24, 2.45) is 0 Å². The van der Waals surface area contributed by atoms with Crippen LogP contribution in [0.1, 0.15) is 27.5 Å². The number of aromatic nitrogens is 2. The fraction of sp³-hybridized carbons (Fsp3) is 0.333. The van der Waals surface area contributed by atoms with E-state index in [1.54, 1.807) is 6.20 Å². The summed E-state index contributed by atoms with van der Waals surface area (Å²) in [6, 6.07) is 19.9. The molecule has 1 aliphatic rings. The van der Waals surface area contributed by atoms with E-state index in [4.69, 9.17) is 0 Å². The molecule has 4 rings (SSSR count). The fourth-order valence-corrected chi connectivity index (χ4v) is 3.79. The molecule has 1 fully saturated rings. The first kappa shape index (κ1) is 20.3. The lowest BCUT2D eigenvalue weighted by Gasteiger charge is -2.35. The summed E-state index contributed by atoms with van der Waals surface area (Å²) in [6.07, 6.45) is 3.70. The molecule has 2 aromatic carbocycles. The number of amides is 1. The minimum atomic E-state index is -0.0383. The van der Waals surface area contributed by atoms with Crippen molar-refractivity contribution < 1.29 is 4.79 Å². The molecule has 2 heterocycles. The first-order valence-electron chi connectivity index (χ1n) is 10.5. The molecule has 0 radical (unpaired) electrons. The highest BCUT2D eigenvalue weighted by molar-refractivity contribution is 5.94. The van der Waals surface area contributed by atoms with Crippen LogP contribution in [0.5, 0.6) is 0 Å². The van der Waals surface area contributed by atoms with Crippen molar-refractivity contribution in [2.45, 2.75) is 12.6 Å². The Bertz CT molecular complexity index is 916. The quantitative estimate of drug-likeness (QED) is 0.659. The second-order valence-electron chi connectivity index (χ2n) is 7.94. The van der Waals surface area contributed by atoms with Gasteiger partial charge in [-0.1, -0.05) is 42.5 Å². The van der Waals surface area contributed by atoms with Gasteiger partial charge in [-0.15, -0.1) is 0 Å². The molecule has 0 saturated carbocycles. The standard InChI is InChI=1S/C24H29N5O/c1-27-14-16-28(17-15-27)19-23(21-6-3-2-4-7-21)26-24(30)22-10-8-20(9-11-22)18-29-13-5-12-25-29/h2-13,23H,14-19H2,1H3,(H,26,30). The maximum absolute atomic E-state index is 13.0. The van der Waals surface area contributed by atoms with Gasteiger partial charge in [-0.25, -0.2) is 0 Å². The van der Waals surface area contributed by atoms with Gasteiger partial charge in [0.2, 0.25) is 0 Å². The van der Waals surface area contributed by atoms with Gasteiger partial charge >= 0.3 is 0 Å². The zero-order valence-electron chi connectivity index (χ0n) is 17.4. The molecular weight excluding hydrogens is 374 g/mol. The van der Waals surface area contributed by atoms with E-state index in [1.807, 2.05) is 59.4 Å². The van der Waals surface area contributed by atoms with Gasteiger partial charge in [0.15, 0.2) is 0 Å². The van der Waals surface area contributed by atoms with Crippen molar-refractivity contribution >= 4 is 5.91 Å². The van der Waals surface area contributed by atoms with Crippen LogP contribution in [0.15, 0.2) is 73.1 Å². The molecule has 1 aromatic heterocycles. The highest BCUT2D eigenvalue weighted by Gasteiger charge is 2.21. The minimum Gasteiger partial charge on any atom is -0.344 e. The van der Waals surface area contributed by atoms with Gasteiger partial charge in [0, 0.05) is 50.7 Å². The van der Waals surface area contributed by atoms with Crippen LogP contribution in [0, 0.1) is 0 Å². The van der Waals surface area contributed by atoms with E-state index < -0.39 is 0 Å². The molecule has 30 heavy (non-hydrogen) atoms. The lowest BCUT2D eigenvalue weighted by Crippen LogP contribution is -2.47. The molecule has 0 spiro atoms. The van der Waals surface area contributed by atoms with Gasteiger partial charge in [0.25, 0.3) is 5.91 Å². The number of nitrogens with one attached hydrogen (secondary N) is 1. The highest BCUT2D eigenvalue weighted by atomic mass is 16.1. The van der Waals surface area contributed by atoms with Crippen molar-refractivity contribution in [1.29, 1.82) is 0 Å². The zero-order chi connectivity index (χ0) is 20.8. The van der Waals surface area contributed by atoms with E-state index in [1.165, 1.54) is 0 Å². The summed E-state index contributed by atoms with van der Waals surface area (Å²) in [4.78, 5) is 17.8. The van der Waals surface area contributed by atoms with E-state index in [0.29, 0.717) is 12.1 Å². The van der Waals surface area contributed by atoms with E-state index in [2.05, 4.69) is 39.4 Å². The Morgan fingerprint density at radius 1 is 1.00 bits per heavy atom. The van der Waals surface area contributed by atoms with E-state index >= 15 is 0 Å². The Kier molecular flexibility index (Phi) is 6.57. The number of rotatable bonds is 7. The largest absolute Gasteiger partial charge is 0.344 e. The monoisotopic (exact) mass is 403 g/mol. The molecule has 3 aromatic rings. The molecule has 6 heteroatoms. The number of likely N-dealkylation sites (N-methyl/N-ethyl adjacent to an activating group) is 1. The van der Waals surface area contributed by atoms with Gasteiger partial charge in [0.1, 0.15) is 0 Å². The molecule has 1 aliphatic heterocycles. The Morgan fingerprint density at radius 3 is 2.40 bits per heavy atom. The number of carbonyl (C=O) groups is 1. The third-order valence-electron chi connectivity index (χ3n) is 5.66. The molecule has 1 atom stereocenters. The van der Waals surface area contributed by atoms with Gasteiger partial charge < -0.3 is 10.2 Å². The summed E-state index contributed by atoms with van der Waals surface area (Å²) in [5.74, 6) is -0.0383. The second-order valence-corrected chi connectivity index (χ2v) is 7.94. The van der Waals surface area contributed by atoms with Crippen LogP contribution in [-0.4, -0.2) is 65.3 Å². The molecular formula is C24H29N5O. The Hall–Kier alpha value is -2.96. The average molecular weight is 404 g/mol. The molecule has 1 saturated heterocycles. The topological polar surface area (TPSA) is 53.4 Å². The number of nitrogens with zero attached hydrogens (tertiary/aromatic N) is 4. The molecule has 0 aliphatic carbocycles. The third-order valence-corrected chi connectivity index (χ3v) is 5.66. The molecule has 156 valence electrons. The number of hydrogen-bond donors (Lipinski definition) is 1. The van der Waals surface area contributed by atoms with Crippen LogP contribution < -0.4 is 5.32 Å². The maximum atomic E-state index is 13.0. The van der Waals surface area contributed by atoms with Crippen molar-refractivity contribution in [3.63, 3.8) is 0 Å². The lowest BCUT2D eigenvalue weighted by atomic mass is 10.0. The molecule has 6 nitrogen and oxygen atoms in total. The number of piperazine rings is 1. The molecule has 0 bridgehead atoms. The highest BCUT2D eigenvalue weighted by Crippen LogP contribution is 2.17. The molecule has 1 N–H and O–H groups in total. The third kappa shape index (κ3) is 5.34. The number of carbonyl (C=O) groups excluding carboxylic acids is 1. The maximum Gasteiger partial charge on any atom is 0.251 e. The van der Waals surface area contributed by atoms with Crippen molar-refractivity contribution in [3.8, 4) is 0 Å². The fourth-order valence-electron chi connectivity index (χ4n) is 3.79. The zero-order valence-corrected chi connectivity index (χ0v) is 17.4. The van der Waals surface area contributed by atoms with Crippen LogP contribution in [0.4, 0.5) is 0 Å². The van der Waals surface area contributed by atoms with Crippen LogP contribution in [0.3, 0.4) is 0 Å². The predicted molar refractivity (Wildman–Crippen MR) is 118 cm³/mol. The number of hydrogen-bond acceptors (Lipinski definition) is 4. The molecule has 1 amide bonds. The predicted octanol–water partition coefficient (Wildman–Crippen LogP) is 2.65. The van der Waals surface area contributed by atoms with E-state index in [9.17, 15) is 4.79 Å². The summed E-state index contributed by atoms with van der Waals surface area (Å²) in [7, 11) is 2.16. The Balaban J connectivity index is 1.43. The van der Waals surface area contributed by atoms with Gasteiger partial charge in [0.05, 0.1) is 12.6 Å². The van der Waals surface area contributed by atoms with Crippen LogP contribution >= 0.6 is 0 Å². The summed E-state index contributed by atoms with van der Waals surface area (Å²) in [5.41, 5.74) is 2.94. The first-order chi connectivity index (χ1) is 14.7. The molecule has 1 unspecified atom stereocenters. The van der Waals surface area contributed by atoms with Crippen molar-refractivity contribution in [2.75, 3.05) is 39.8 Å². The average Bonchev–Trinajstić information content (AvgIpc) is 3.29. The normalized spacial score (nSPS) is 16.3. The van der Waals surface area contributed by atoms with Gasteiger partial charge in [-0.3, -0.25) is 14.4 Å². The van der Waals surface area contributed by atoms with Crippen LogP contribution in [0.25, 0.3) is 0 Å². The summed E-state index contributed by atoms with van der Waals surface area (Å²) < 4.78 is 1.87. The van der Waals surface area contributed by atoms with Gasteiger partial charge in [-0.2, -0.15) is 5.10 Å². The second kappa shape index (κ2) is 9.69. The van der Waals surface area contributed by atoms with Crippen molar-refractivity contribution in [1.82, 2.24) is 24.9 Å². The van der Waals surface area contributed by atoms with E-state index in [-0.39, 0.29) is 11.9 Å². The first-order valence-corrected chi connectivity index (χ1v) is 10.5. The Morgan fingerprint density at radius 2 is 1.73 bits per heavy atom. The van der Waals surface area contributed by atoms with Crippen LogP contribution in [0.2, 0.25) is 0 Å².